The number of hydrogen-bond acceptors (Lipinski definition) is 1. The van der Waals surface area contributed by atoms with Gasteiger partial charge >= 0.3 is 0 Å². The lowest BCUT2D eigenvalue weighted by molar-refractivity contribution is 1.00. The zero-order chi connectivity index (χ0) is 10.3. The van der Waals surface area contributed by atoms with Crippen molar-refractivity contribution < 1.29 is 0 Å². The summed E-state index contributed by atoms with van der Waals surface area (Å²) in [7, 11) is 0. The second-order valence-electron chi connectivity index (χ2n) is 3.24. The highest BCUT2D eigenvalue weighted by Crippen LogP contribution is 2.31. The summed E-state index contributed by atoms with van der Waals surface area (Å²) < 4.78 is 0. The second-order valence-corrected chi connectivity index (χ2v) is 4.09. The van der Waals surface area contributed by atoms with Crippen molar-refractivity contribution in [2.24, 2.45) is 5.73 Å². The molecule has 0 saturated carbocycles. The maximum absolute atomic E-state index is 6.09. The molecule has 0 atom stereocenters. The average Bonchev–Trinajstić information content (AvgIpc) is 2.42. The van der Waals surface area contributed by atoms with Gasteiger partial charge in [-0.3, -0.25) is 0 Å². The largest absolute Gasteiger partial charge is 0.357 e. The number of rotatable bonds is 1. The van der Waals surface area contributed by atoms with Crippen LogP contribution < -0.4 is 5.73 Å². The van der Waals surface area contributed by atoms with Crippen LogP contribution in [0.5, 0.6) is 0 Å². The monoisotopic (exact) mass is 228 g/mol. The summed E-state index contributed by atoms with van der Waals surface area (Å²) in [5, 5.41) is 2.31. The van der Waals surface area contributed by atoms with Crippen LogP contribution in [0.4, 0.5) is 0 Å². The summed E-state index contributed by atoms with van der Waals surface area (Å²) in [4.78, 5) is 3.20. The molecular formula is C10H10Cl2N2. The van der Waals surface area contributed by atoms with Gasteiger partial charge in [0.05, 0.1) is 5.02 Å². The van der Waals surface area contributed by atoms with Gasteiger partial charge in [-0.25, -0.2) is 0 Å². The summed E-state index contributed by atoms with van der Waals surface area (Å²) >= 11 is 12.0. The molecule has 3 N–H and O–H groups in total. The molecule has 0 saturated heterocycles. The third-order valence-electron chi connectivity index (χ3n) is 2.37. The molecule has 0 aliphatic carbocycles. The van der Waals surface area contributed by atoms with E-state index in [1.165, 1.54) is 0 Å². The predicted octanol–water partition coefficient (Wildman–Crippen LogP) is 3.24. The van der Waals surface area contributed by atoms with Crippen molar-refractivity contribution in [2.45, 2.75) is 13.5 Å². The van der Waals surface area contributed by atoms with Crippen molar-refractivity contribution in [2.75, 3.05) is 0 Å². The highest BCUT2D eigenvalue weighted by atomic mass is 35.5. The Morgan fingerprint density at radius 3 is 2.71 bits per heavy atom. The number of nitrogens with two attached hydrogens (primary N) is 1. The molecule has 2 nitrogen and oxygen atoms in total. The molecule has 1 aromatic heterocycles. The summed E-state index contributed by atoms with van der Waals surface area (Å²) in [5.41, 5.74) is 8.65. The normalized spacial score (nSPS) is 11.1. The van der Waals surface area contributed by atoms with E-state index >= 15 is 0 Å². The Hall–Kier alpha value is -0.700. The number of hydrogen-bond donors (Lipinski definition) is 2. The number of benzene rings is 1. The van der Waals surface area contributed by atoms with Crippen LogP contribution >= 0.6 is 23.2 Å². The molecule has 2 aromatic rings. The summed E-state index contributed by atoms with van der Waals surface area (Å²) in [6, 6.07) is 3.60. The van der Waals surface area contributed by atoms with Gasteiger partial charge in [-0.1, -0.05) is 23.2 Å². The number of fused-ring (bicyclic) bond motifs is 1. The van der Waals surface area contributed by atoms with E-state index in [0.29, 0.717) is 16.6 Å². The van der Waals surface area contributed by atoms with E-state index in [-0.39, 0.29) is 0 Å². The van der Waals surface area contributed by atoms with Gasteiger partial charge in [0.1, 0.15) is 0 Å². The molecule has 0 bridgehead atoms. The zero-order valence-corrected chi connectivity index (χ0v) is 9.21. The van der Waals surface area contributed by atoms with Crippen LogP contribution in [0, 0.1) is 6.92 Å². The van der Waals surface area contributed by atoms with Crippen LogP contribution in [-0.4, -0.2) is 4.98 Å². The molecule has 0 aliphatic heterocycles. The summed E-state index contributed by atoms with van der Waals surface area (Å²) in [5.74, 6) is 0. The second kappa shape index (κ2) is 3.46. The Labute approximate surface area is 92.0 Å². The van der Waals surface area contributed by atoms with Crippen molar-refractivity contribution in [1.29, 1.82) is 0 Å². The SMILES string of the molecule is Cc1c(CN)[nH]c2cc(Cl)cc(Cl)c12. The topological polar surface area (TPSA) is 41.8 Å². The van der Waals surface area contributed by atoms with Crippen molar-refractivity contribution >= 4 is 34.1 Å². The van der Waals surface area contributed by atoms with E-state index in [9.17, 15) is 0 Å². The predicted molar refractivity (Wildman–Crippen MR) is 60.9 cm³/mol. The Balaban J connectivity index is 2.85. The van der Waals surface area contributed by atoms with Crippen LogP contribution in [0.25, 0.3) is 10.9 Å². The lowest BCUT2D eigenvalue weighted by Gasteiger charge is -1.97. The van der Waals surface area contributed by atoms with E-state index in [2.05, 4.69) is 4.98 Å². The zero-order valence-electron chi connectivity index (χ0n) is 7.70. The molecule has 1 aromatic carbocycles. The first-order chi connectivity index (χ1) is 6.63. The molecule has 0 fully saturated rings. The fourth-order valence-corrected chi connectivity index (χ4v) is 2.30. The number of aromatic amines is 1. The van der Waals surface area contributed by atoms with Crippen LogP contribution in [0.3, 0.4) is 0 Å². The number of H-pyrrole nitrogens is 1. The maximum atomic E-state index is 6.09. The Bertz CT molecular complexity index is 488. The number of aryl methyl sites for hydroxylation is 1. The van der Waals surface area contributed by atoms with Crippen LogP contribution in [-0.2, 0) is 6.54 Å². The standard InChI is InChI=1S/C10H10Cl2N2/c1-5-9(4-13)14-8-3-6(11)2-7(12)10(5)8/h2-3,14H,4,13H2,1H3. The molecule has 0 amide bonds. The van der Waals surface area contributed by atoms with Crippen molar-refractivity contribution in [1.82, 2.24) is 4.98 Å². The van der Waals surface area contributed by atoms with Crippen LogP contribution in [0.15, 0.2) is 12.1 Å². The summed E-state index contributed by atoms with van der Waals surface area (Å²) in [6.07, 6.45) is 0. The smallest absolute Gasteiger partial charge is 0.0517 e. The molecule has 0 unspecified atom stereocenters. The van der Waals surface area contributed by atoms with Gasteiger partial charge in [0.25, 0.3) is 0 Å². The number of halogens is 2. The molecule has 0 spiro atoms. The first-order valence-electron chi connectivity index (χ1n) is 4.29. The molecule has 74 valence electrons. The fourth-order valence-electron chi connectivity index (χ4n) is 1.66. The summed E-state index contributed by atoms with van der Waals surface area (Å²) in [6.45, 7) is 2.48. The molecule has 4 heteroatoms. The number of nitrogens with one attached hydrogen (secondary N) is 1. The molecule has 2 rings (SSSR count). The Kier molecular flexibility index (Phi) is 2.43. The quantitative estimate of drug-likeness (QED) is 0.774. The lowest BCUT2D eigenvalue weighted by Crippen LogP contribution is -1.97. The lowest BCUT2D eigenvalue weighted by atomic mass is 10.1. The van der Waals surface area contributed by atoms with Gasteiger partial charge in [-0.2, -0.15) is 0 Å². The van der Waals surface area contributed by atoms with E-state index in [0.717, 1.165) is 22.2 Å². The Morgan fingerprint density at radius 2 is 2.07 bits per heavy atom. The molecular weight excluding hydrogens is 219 g/mol. The van der Waals surface area contributed by atoms with Gasteiger partial charge < -0.3 is 10.7 Å². The molecule has 0 aliphatic rings. The minimum atomic E-state index is 0.481. The van der Waals surface area contributed by atoms with Gasteiger partial charge in [0.2, 0.25) is 0 Å². The van der Waals surface area contributed by atoms with Crippen molar-refractivity contribution in [3.8, 4) is 0 Å². The van der Waals surface area contributed by atoms with Gasteiger partial charge in [-0.15, -0.1) is 0 Å². The van der Waals surface area contributed by atoms with E-state index in [1.54, 1.807) is 6.07 Å². The van der Waals surface area contributed by atoms with Gasteiger partial charge in [0, 0.05) is 28.2 Å². The third kappa shape index (κ3) is 1.40. The number of aromatic nitrogens is 1. The van der Waals surface area contributed by atoms with Crippen LogP contribution in [0.2, 0.25) is 10.0 Å². The van der Waals surface area contributed by atoms with Crippen LogP contribution in [0.1, 0.15) is 11.3 Å². The fraction of sp³-hybridized carbons (Fsp3) is 0.200. The minimum absolute atomic E-state index is 0.481. The first kappa shape index (κ1) is 9.84. The Morgan fingerprint density at radius 1 is 1.36 bits per heavy atom. The highest BCUT2D eigenvalue weighted by Gasteiger charge is 2.10. The van der Waals surface area contributed by atoms with Gasteiger partial charge in [0.15, 0.2) is 0 Å². The first-order valence-corrected chi connectivity index (χ1v) is 5.05. The van der Waals surface area contributed by atoms with Crippen molar-refractivity contribution in [3.63, 3.8) is 0 Å². The molecule has 1 heterocycles. The maximum Gasteiger partial charge on any atom is 0.0517 e. The van der Waals surface area contributed by atoms with Crippen molar-refractivity contribution in [3.05, 3.63) is 33.4 Å². The minimum Gasteiger partial charge on any atom is -0.357 e. The molecule has 0 radical (unpaired) electrons. The van der Waals surface area contributed by atoms with E-state index < -0.39 is 0 Å². The van der Waals surface area contributed by atoms with E-state index in [1.807, 2.05) is 13.0 Å². The van der Waals surface area contributed by atoms with E-state index in [4.69, 9.17) is 28.9 Å². The highest BCUT2D eigenvalue weighted by molar-refractivity contribution is 6.38. The molecule has 14 heavy (non-hydrogen) atoms. The average molecular weight is 229 g/mol. The van der Waals surface area contributed by atoms with Gasteiger partial charge in [-0.05, 0) is 24.6 Å². The third-order valence-corrected chi connectivity index (χ3v) is 2.89.